The van der Waals surface area contributed by atoms with Crippen LogP contribution in [0.2, 0.25) is 0 Å². The Hall–Kier alpha value is -6.36. The number of aromatic nitrogens is 6. The SMILES string of the molecule is CC.CC.CC.CC.CN(C)C1CCN(c2nc(-c3ccccc3)c(-c3ccccc3)n3cncc23)CC1.CN(C)[C@H]1CCN(c2nc(-c3ccccc3)c(-c3ccccc3)n3cncc23)C1. The molecule has 0 saturated carbocycles. The fourth-order valence-corrected chi connectivity index (χ4v) is 8.69. The molecule has 0 bridgehead atoms. The molecule has 2 fully saturated rings. The number of hydrogen-bond donors (Lipinski definition) is 0. The summed E-state index contributed by atoms with van der Waals surface area (Å²) in [5.41, 5.74) is 10.8. The zero-order chi connectivity index (χ0) is 48.3. The van der Waals surface area contributed by atoms with Gasteiger partial charge >= 0.3 is 0 Å². The number of rotatable bonds is 8. The average molecular weight is 901 g/mol. The predicted molar refractivity (Wildman–Crippen MR) is 286 cm³/mol. The summed E-state index contributed by atoms with van der Waals surface area (Å²) in [5.74, 6) is 2.05. The van der Waals surface area contributed by atoms with E-state index in [1.807, 2.05) is 105 Å². The van der Waals surface area contributed by atoms with Crippen molar-refractivity contribution in [1.82, 2.24) is 38.5 Å². The van der Waals surface area contributed by atoms with E-state index in [2.05, 4.69) is 164 Å². The van der Waals surface area contributed by atoms with Crippen LogP contribution < -0.4 is 9.80 Å². The van der Waals surface area contributed by atoms with E-state index < -0.39 is 0 Å². The van der Waals surface area contributed by atoms with Crippen LogP contribution in [-0.4, -0.2) is 105 Å². The van der Waals surface area contributed by atoms with Crippen molar-refractivity contribution < 1.29 is 0 Å². The normalized spacial score (nSPS) is 14.4. The lowest BCUT2D eigenvalue weighted by Crippen LogP contribution is -2.42. The maximum atomic E-state index is 5.26. The summed E-state index contributed by atoms with van der Waals surface area (Å²) in [6, 6.07) is 43.1. The lowest BCUT2D eigenvalue weighted by molar-refractivity contribution is 0.249. The summed E-state index contributed by atoms with van der Waals surface area (Å²) >= 11 is 0. The third-order valence-electron chi connectivity index (χ3n) is 12.0. The molecule has 6 heterocycles. The molecule has 2 aliphatic rings. The number of piperidine rings is 1. The minimum absolute atomic E-state index is 0.550. The summed E-state index contributed by atoms with van der Waals surface area (Å²) in [5, 5.41) is 0. The van der Waals surface area contributed by atoms with Crippen molar-refractivity contribution in [3.05, 3.63) is 146 Å². The van der Waals surface area contributed by atoms with Crippen LogP contribution in [0.5, 0.6) is 0 Å². The maximum Gasteiger partial charge on any atom is 0.155 e. The molecule has 67 heavy (non-hydrogen) atoms. The van der Waals surface area contributed by atoms with Crippen molar-refractivity contribution in [2.24, 2.45) is 0 Å². The Kier molecular flexibility index (Phi) is 20.1. The van der Waals surface area contributed by atoms with E-state index in [1.165, 1.54) is 0 Å². The first-order chi connectivity index (χ1) is 32.9. The van der Waals surface area contributed by atoms with Gasteiger partial charge in [0, 0.05) is 60.5 Å². The minimum atomic E-state index is 0.550. The molecule has 8 aromatic rings. The van der Waals surface area contributed by atoms with Gasteiger partial charge in [0.1, 0.15) is 11.0 Å². The molecular formula is C57H76N10. The Balaban J connectivity index is 0.000000219. The van der Waals surface area contributed by atoms with Gasteiger partial charge in [-0.05, 0) is 47.5 Å². The van der Waals surface area contributed by atoms with Gasteiger partial charge in [-0.25, -0.2) is 19.9 Å². The van der Waals surface area contributed by atoms with Gasteiger partial charge < -0.3 is 19.6 Å². The average Bonchev–Trinajstić information content (AvgIpc) is 4.22. The molecule has 0 aliphatic carbocycles. The first kappa shape index (κ1) is 51.6. The number of nitrogens with zero attached hydrogens (tertiary/aromatic N) is 10. The predicted octanol–water partition coefficient (Wildman–Crippen LogP) is 12.9. The van der Waals surface area contributed by atoms with Gasteiger partial charge in [-0.15, -0.1) is 0 Å². The molecule has 354 valence electrons. The molecule has 4 aromatic heterocycles. The number of anilines is 2. The smallest absolute Gasteiger partial charge is 0.155 e. The van der Waals surface area contributed by atoms with Gasteiger partial charge in [0.2, 0.25) is 0 Å². The summed E-state index contributed by atoms with van der Waals surface area (Å²) < 4.78 is 4.40. The zero-order valence-corrected chi connectivity index (χ0v) is 42.4. The largest absolute Gasteiger partial charge is 0.355 e. The Morgan fingerprint density at radius 3 is 1.10 bits per heavy atom. The minimum Gasteiger partial charge on any atom is -0.355 e. The molecule has 0 amide bonds. The molecule has 10 rings (SSSR count). The number of likely N-dealkylation sites (N-methyl/N-ethyl adjacent to an activating group) is 1. The van der Waals surface area contributed by atoms with Crippen LogP contribution in [0, 0.1) is 0 Å². The van der Waals surface area contributed by atoms with Gasteiger partial charge in [0.15, 0.2) is 11.6 Å². The molecule has 10 heteroatoms. The summed E-state index contributed by atoms with van der Waals surface area (Å²) in [7, 11) is 8.67. The van der Waals surface area contributed by atoms with Crippen molar-refractivity contribution in [1.29, 1.82) is 0 Å². The highest BCUT2D eigenvalue weighted by Crippen LogP contribution is 2.38. The van der Waals surface area contributed by atoms with E-state index in [0.717, 1.165) is 113 Å². The summed E-state index contributed by atoms with van der Waals surface area (Å²) in [4.78, 5) is 29.0. The molecule has 2 saturated heterocycles. The Labute approximate surface area is 402 Å². The first-order valence-electron chi connectivity index (χ1n) is 24.7. The highest BCUT2D eigenvalue weighted by atomic mass is 15.3. The van der Waals surface area contributed by atoms with Crippen LogP contribution in [0.1, 0.15) is 74.7 Å². The summed E-state index contributed by atoms with van der Waals surface area (Å²) in [6.45, 7) is 20.0. The topological polar surface area (TPSA) is 73.3 Å². The number of imidazole rings is 2. The number of fused-ring (bicyclic) bond motifs is 2. The van der Waals surface area contributed by atoms with Gasteiger partial charge in [0.25, 0.3) is 0 Å². The Bertz CT molecular complexity index is 2610. The second-order valence-electron chi connectivity index (χ2n) is 16.1. The van der Waals surface area contributed by atoms with E-state index in [0.29, 0.717) is 12.1 Å². The fourth-order valence-electron chi connectivity index (χ4n) is 8.69. The lowest BCUT2D eigenvalue weighted by atomic mass is 10.0. The van der Waals surface area contributed by atoms with Crippen LogP contribution in [-0.2, 0) is 0 Å². The standard InChI is InChI=1S/C25H27N5.C24H25N5.4C2H6/c1-28(2)21-13-15-29(16-14-21)25-22-17-26-18-30(22)24(20-11-7-4-8-12-20)23(27-25)19-9-5-3-6-10-19;1-27(2)20-13-14-28(16-20)24-21-15-25-17-29(21)23(19-11-7-4-8-12-19)22(26-24)18-9-5-3-6-10-18;4*1-2/h3-12,17-18,21H,13-16H2,1-2H3;3-12,15,17,20H,13-14,16H2,1-2H3;4*1-2H3/t;20-;;;;/m.0..../s1. The second kappa shape index (κ2) is 26.1. The van der Waals surface area contributed by atoms with Crippen molar-refractivity contribution in [3.63, 3.8) is 0 Å². The Morgan fingerprint density at radius 2 is 0.746 bits per heavy atom. The van der Waals surface area contributed by atoms with E-state index in [4.69, 9.17) is 9.97 Å². The lowest BCUT2D eigenvalue weighted by Gasteiger charge is -2.36. The first-order valence-corrected chi connectivity index (χ1v) is 24.7. The monoisotopic (exact) mass is 901 g/mol. The number of benzene rings is 4. The van der Waals surface area contributed by atoms with Crippen LogP contribution in [0.4, 0.5) is 11.6 Å². The quantitative estimate of drug-likeness (QED) is 0.149. The third-order valence-corrected chi connectivity index (χ3v) is 12.0. The fraction of sp³-hybridized carbons (Fsp3) is 0.368. The van der Waals surface area contributed by atoms with E-state index >= 15 is 0 Å². The second-order valence-corrected chi connectivity index (χ2v) is 16.1. The van der Waals surface area contributed by atoms with Gasteiger partial charge in [0.05, 0.1) is 47.8 Å². The van der Waals surface area contributed by atoms with Crippen molar-refractivity contribution in [2.45, 2.75) is 86.7 Å². The number of hydrogen-bond acceptors (Lipinski definition) is 8. The van der Waals surface area contributed by atoms with Gasteiger partial charge in [-0.2, -0.15) is 0 Å². The van der Waals surface area contributed by atoms with Crippen molar-refractivity contribution in [3.8, 4) is 45.0 Å². The van der Waals surface area contributed by atoms with Crippen LogP contribution >= 0.6 is 0 Å². The van der Waals surface area contributed by atoms with Crippen LogP contribution in [0.15, 0.2) is 146 Å². The maximum absolute atomic E-state index is 5.26. The molecule has 10 nitrogen and oxygen atoms in total. The van der Waals surface area contributed by atoms with Gasteiger partial charge in [-0.1, -0.05) is 177 Å². The summed E-state index contributed by atoms with van der Waals surface area (Å²) in [6.07, 6.45) is 11.2. The van der Waals surface area contributed by atoms with E-state index in [9.17, 15) is 0 Å². The third kappa shape index (κ3) is 12.0. The van der Waals surface area contributed by atoms with Crippen molar-refractivity contribution in [2.75, 3.05) is 64.2 Å². The molecular weight excluding hydrogens is 825 g/mol. The van der Waals surface area contributed by atoms with Gasteiger partial charge in [-0.3, -0.25) is 8.80 Å². The van der Waals surface area contributed by atoms with E-state index in [1.54, 1.807) is 0 Å². The molecule has 4 aromatic carbocycles. The molecule has 0 N–H and O–H groups in total. The highest BCUT2D eigenvalue weighted by molar-refractivity contribution is 5.86. The molecule has 0 spiro atoms. The van der Waals surface area contributed by atoms with Crippen molar-refractivity contribution >= 4 is 22.7 Å². The van der Waals surface area contributed by atoms with Crippen LogP contribution in [0.25, 0.3) is 56.1 Å². The molecule has 1 atom stereocenters. The highest BCUT2D eigenvalue weighted by Gasteiger charge is 2.29. The molecule has 2 aliphatic heterocycles. The zero-order valence-electron chi connectivity index (χ0n) is 42.4. The molecule has 0 unspecified atom stereocenters. The molecule has 0 radical (unpaired) electrons. The van der Waals surface area contributed by atoms with E-state index in [-0.39, 0.29) is 0 Å². The van der Waals surface area contributed by atoms with Crippen LogP contribution in [0.3, 0.4) is 0 Å². The Morgan fingerprint density at radius 1 is 0.418 bits per heavy atom.